The number of imidazole rings is 1. The Balaban J connectivity index is 1.93. The van der Waals surface area contributed by atoms with Crippen LogP contribution in [-0.4, -0.2) is 21.0 Å². The highest BCUT2D eigenvalue weighted by Gasteiger charge is 2.07. The first-order valence-corrected chi connectivity index (χ1v) is 6.84. The number of carboxylic acid groups (broad SMARTS) is 1. The van der Waals surface area contributed by atoms with E-state index in [2.05, 4.69) is 9.97 Å². The van der Waals surface area contributed by atoms with Crippen molar-refractivity contribution in [3.63, 3.8) is 0 Å². The van der Waals surface area contributed by atoms with Gasteiger partial charge in [0, 0.05) is 6.42 Å². The number of aromatic amines is 1. The van der Waals surface area contributed by atoms with Crippen molar-refractivity contribution in [1.82, 2.24) is 9.97 Å². The van der Waals surface area contributed by atoms with Crippen LogP contribution in [0.25, 0.3) is 21.7 Å². The lowest BCUT2D eigenvalue weighted by Crippen LogP contribution is -1.97. The van der Waals surface area contributed by atoms with Crippen LogP contribution >= 0.6 is 11.3 Å². The van der Waals surface area contributed by atoms with Gasteiger partial charge in [-0.3, -0.25) is 4.79 Å². The molecule has 5 heteroatoms. The quantitative estimate of drug-likeness (QED) is 0.765. The number of carboxylic acids is 1. The number of aromatic nitrogens is 2. The van der Waals surface area contributed by atoms with Crippen LogP contribution in [0.15, 0.2) is 35.7 Å². The van der Waals surface area contributed by atoms with Crippen LogP contribution < -0.4 is 0 Å². The third-order valence-corrected chi connectivity index (χ3v) is 3.80. The van der Waals surface area contributed by atoms with Crippen LogP contribution in [0.3, 0.4) is 0 Å². The Bertz CT molecular complexity index is 716. The average molecular weight is 272 g/mol. The SMILES string of the molecule is O=C(O)CCc1ccc2nc(-c3cccs3)[nH]c2c1. The molecule has 2 N–H and O–H groups in total. The molecule has 0 atom stereocenters. The summed E-state index contributed by atoms with van der Waals surface area (Å²) in [6, 6.07) is 9.85. The minimum atomic E-state index is -0.774. The van der Waals surface area contributed by atoms with Gasteiger partial charge in [0.25, 0.3) is 0 Å². The van der Waals surface area contributed by atoms with Gasteiger partial charge in [0.05, 0.1) is 15.9 Å². The first-order valence-electron chi connectivity index (χ1n) is 5.97. The number of aliphatic carboxylic acids is 1. The number of hydrogen-bond donors (Lipinski definition) is 2. The molecule has 0 radical (unpaired) electrons. The maximum absolute atomic E-state index is 10.6. The fourth-order valence-electron chi connectivity index (χ4n) is 1.99. The molecule has 0 fully saturated rings. The molecule has 0 saturated heterocycles. The van der Waals surface area contributed by atoms with E-state index < -0.39 is 5.97 Å². The second-order valence-electron chi connectivity index (χ2n) is 4.31. The number of fused-ring (bicyclic) bond motifs is 1. The van der Waals surface area contributed by atoms with E-state index in [9.17, 15) is 4.79 Å². The van der Waals surface area contributed by atoms with Gasteiger partial charge in [0.15, 0.2) is 0 Å². The lowest BCUT2D eigenvalue weighted by molar-refractivity contribution is -0.136. The fourth-order valence-corrected chi connectivity index (χ4v) is 2.66. The number of aryl methyl sites for hydroxylation is 1. The third kappa shape index (κ3) is 2.51. The number of rotatable bonds is 4. The normalized spacial score (nSPS) is 10.9. The minimum Gasteiger partial charge on any atom is -0.481 e. The molecule has 1 aromatic carbocycles. The largest absolute Gasteiger partial charge is 0.481 e. The molecule has 96 valence electrons. The van der Waals surface area contributed by atoms with Crippen LogP contribution in [0.4, 0.5) is 0 Å². The van der Waals surface area contributed by atoms with Crippen molar-refractivity contribution in [2.24, 2.45) is 0 Å². The number of nitrogens with zero attached hydrogens (tertiary/aromatic N) is 1. The highest BCUT2D eigenvalue weighted by molar-refractivity contribution is 7.13. The zero-order valence-electron chi connectivity index (χ0n) is 10.1. The van der Waals surface area contributed by atoms with Crippen molar-refractivity contribution < 1.29 is 9.90 Å². The van der Waals surface area contributed by atoms with Gasteiger partial charge in [-0.15, -0.1) is 11.3 Å². The maximum atomic E-state index is 10.6. The highest BCUT2D eigenvalue weighted by Crippen LogP contribution is 2.25. The van der Waals surface area contributed by atoms with E-state index in [1.807, 2.05) is 35.7 Å². The molecule has 3 aromatic rings. The van der Waals surface area contributed by atoms with Gasteiger partial charge in [0.1, 0.15) is 5.82 Å². The molecule has 0 spiro atoms. The monoisotopic (exact) mass is 272 g/mol. The van der Waals surface area contributed by atoms with Crippen molar-refractivity contribution in [3.8, 4) is 10.7 Å². The molecule has 2 aromatic heterocycles. The summed E-state index contributed by atoms with van der Waals surface area (Å²) in [5.74, 6) is 0.0874. The Hall–Kier alpha value is -2.14. The number of H-pyrrole nitrogens is 1. The predicted molar refractivity (Wildman–Crippen MR) is 75.4 cm³/mol. The Labute approximate surface area is 113 Å². The number of carbonyl (C=O) groups is 1. The van der Waals surface area contributed by atoms with Crippen molar-refractivity contribution in [2.45, 2.75) is 12.8 Å². The van der Waals surface area contributed by atoms with E-state index >= 15 is 0 Å². The van der Waals surface area contributed by atoms with E-state index in [1.54, 1.807) is 11.3 Å². The summed E-state index contributed by atoms with van der Waals surface area (Å²) < 4.78 is 0. The Morgan fingerprint density at radius 3 is 3.00 bits per heavy atom. The van der Waals surface area contributed by atoms with Crippen LogP contribution in [-0.2, 0) is 11.2 Å². The zero-order chi connectivity index (χ0) is 13.2. The topological polar surface area (TPSA) is 66.0 Å². The van der Waals surface area contributed by atoms with Gasteiger partial charge in [-0.05, 0) is 35.6 Å². The van der Waals surface area contributed by atoms with Gasteiger partial charge < -0.3 is 10.1 Å². The second kappa shape index (κ2) is 4.85. The first-order chi connectivity index (χ1) is 9.22. The van der Waals surface area contributed by atoms with E-state index in [4.69, 9.17) is 5.11 Å². The molecule has 0 aliphatic heterocycles. The van der Waals surface area contributed by atoms with Crippen molar-refractivity contribution in [2.75, 3.05) is 0 Å². The Morgan fingerprint density at radius 2 is 2.26 bits per heavy atom. The van der Waals surface area contributed by atoms with Gasteiger partial charge >= 0.3 is 5.97 Å². The Morgan fingerprint density at radius 1 is 1.37 bits per heavy atom. The van der Waals surface area contributed by atoms with Crippen molar-refractivity contribution in [1.29, 1.82) is 0 Å². The van der Waals surface area contributed by atoms with Crippen LogP contribution in [0.5, 0.6) is 0 Å². The first kappa shape index (κ1) is 11.9. The van der Waals surface area contributed by atoms with Crippen molar-refractivity contribution >= 4 is 28.3 Å². The predicted octanol–water partition coefficient (Wildman–Crippen LogP) is 3.31. The number of nitrogens with one attached hydrogen (secondary N) is 1. The molecule has 3 rings (SSSR count). The average Bonchev–Trinajstić information content (AvgIpc) is 3.04. The van der Waals surface area contributed by atoms with Gasteiger partial charge in [-0.25, -0.2) is 4.98 Å². The number of thiophene rings is 1. The fraction of sp³-hybridized carbons (Fsp3) is 0.143. The summed E-state index contributed by atoms with van der Waals surface area (Å²) in [4.78, 5) is 19.5. The third-order valence-electron chi connectivity index (χ3n) is 2.93. The molecule has 0 aliphatic carbocycles. The summed E-state index contributed by atoms with van der Waals surface area (Å²) in [6.07, 6.45) is 0.691. The molecule has 0 aliphatic rings. The molecule has 0 bridgehead atoms. The van der Waals surface area contributed by atoms with E-state index in [-0.39, 0.29) is 6.42 Å². The molecule has 0 saturated carbocycles. The second-order valence-corrected chi connectivity index (χ2v) is 5.26. The lowest BCUT2D eigenvalue weighted by atomic mass is 10.1. The van der Waals surface area contributed by atoms with Gasteiger partial charge in [-0.2, -0.15) is 0 Å². The number of benzene rings is 1. The number of hydrogen-bond acceptors (Lipinski definition) is 3. The molecule has 2 heterocycles. The highest BCUT2D eigenvalue weighted by atomic mass is 32.1. The Kier molecular flexibility index (Phi) is 3.05. The summed E-state index contributed by atoms with van der Waals surface area (Å²) in [7, 11) is 0. The van der Waals surface area contributed by atoms with Crippen molar-refractivity contribution in [3.05, 3.63) is 41.3 Å². The molecule has 19 heavy (non-hydrogen) atoms. The molecule has 0 unspecified atom stereocenters. The lowest BCUT2D eigenvalue weighted by Gasteiger charge is -1.97. The van der Waals surface area contributed by atoms with E-state index in [0.717, 1.165) is 27.3 Å². The zero-order valence-corrected chi connectivity index (χ0v) is 10.9. The summed E-state index contributed by atoms with van der Waals surface area (Å²) in [6.45, 7) is 0. The smallest absolute Gasteiger partial charge is 0.303 e. The van der Waals surface area contributed by atoms with E-state index in [0.29, 0.717) is 6.42 Å². The summed E-state index contributed by atoms with van der Waals surface area (Å²) in [5.41, 5.74) is 2.87. The van der Waals surface area contributed by atoms with Crippen LogP contribution in [0.1, 0.15) is 12.0 Å². The van der Waals surface area contributed by atoms with Crippen LogP contribution in [0, 0.1) is 0 Å². The van der Waals surface area contributed by atoms with Crippen LogP contribution in [0.2, 0.25) is 0 Å². The summed E-state index contributed by atoms with van der Waals surface area (Å²) >= 11 is 1.64. The molecular weight excluding hydrogens is 260 g/mol. The van der Waals surface area contributed by atoms with Gasteiger partial charge in [0.2, 0.25) is 0 Å². The van der Waals surface area contributed by atoms with E-state index in [1.165, 1.54) is 0 Å². The van der Waals surface area contributed by atoms with Gasteiger partial charge in [-0.1, -0.05) is 12.1 Å². The maximum Gasteiger partial charge on any atom is 0.303 e. The molecular formula is C14H12N2O2S. The molecule has 4 nitrogen and oxygen atoms in total. The standard InChI is InChI=1S/C14H12N2O2S/c17-13(18)6-4-9-3-5-10-11(8-9)16-14(15-10)12-2-1-7-19-12/h1-3,5,7-8H,4,6H2,(H,15,16)(H,17,18). The molecule has 0 amide bonds. The minimum absolute atomic E-state index is 0.150. The summed E-state index contributed by atoms with van der Waals surface area (Å²) in [5, 5.41) is 10.7.